The van der Waals surface area contributed by atoms with Crippen LogP contribution >= 0.6 is 0 Å². The van der Waals surface area contributed by atoms with E-state index < -0.39 is 6.10 Å². The van der Waals surface area contributed by atoms with Crippen LogP contribution in [0, 0.1) is 11.8 Å². The van der Waals surface area contributed by atoms with E-state index in [1.165, 1.54) is 19.3 Å². The summed E-state index contributed by atoms with van der Waals surface area (Å²) in [4.78, 5) is 23.5. The van der Waals surface area contributed by atoms with Crippen molar-refractivity contribution in [2.45, 2.75) is 44.6 Å². The Morgan fingerprint density at radius 3 is 2.48 bits per heavy atom. The number of aliphatic hydroxyl groups excluding tert-OH is 1. The Morgan fingerprint density at radius 1 is 1.05 bits per heavy atom. The Bertz CT molecular complexity index is 356. The molecule has 2 aliphatic rings. The van der Waals surface area contributed by atoms with Gasteiger partial charge >= 0.3 is 0 Å². The van der Waals surface area contributed by atoms with Gasteiger partial charge in [0, 0.05) is 32.0 Å². The minimum Gasteiger partial charge on any atom is -0.391 e. The number of hydrogen-bond acceptors (Lipinski definition) is 4. The maximum atomic E-state index is 11.8. The summed E-state index contributed by atoms with van der Waals surface area (Å²) < 4.78 is 0. The fourth-order valence-corrected chi connectivity index (χ4v) is 3.14. The van der Waals surface area contributed by atoms with Gasteiger partial charge in [-0.1, -0.05) is 19.3 Å². The molecule has 0 bridgehead atoms. The third-order valence-corrected chi connectivity index (χ3v) is 4.51. The molecule has 0 spiro atoms. The zero-order valence-electron chi connectivity index (χ0n) is 12.6. The molecular formula is C15H27N3O3. The van der Waals surface area contributed by atoms with Crippen molar-refractivity contribution in [3.05, 3.63) is 0 Å². The van der Waals surface area contributed by atoms with Crippen molar-refractivity contribution >= 4 is 11.8 Å². The summed E-state index contributed by atoms with van der Waals surface area (Å²) in [6, 6.07) is 0. The van der Waals surface area contributed by atoms with Crippen molar-refractivity contribution in [3.8, 4) is 0 Å². The Kier molecular flexibility index (Phi) is 6.45. The minimum absolute atomic E-state index is 0.0281. The van der Waals surface area contributed by atoms with Crippen molar-refractivity contribution in [1.29, 1.82) is 0 Å². The monoisotopic (exact) mass is 297 g/mol. The first-order valence-corrected chi connectivity index (χ1v) is 8.07. The van der Waals surface area contributed by atoms with Gasteiger partial charge in [-0.3, -0.25) is 9.59 Å². The quantitative estimate of drug-likeness (QED) is 0.545. The molecular weight excluding hydrogens is 270 g/mol. The lowest BCUT2D eigenvalue weighted by molar-refractivity contribution is -0.126. The molecule has 1 heterocycles. The van der Waals surface area contributed by atoms with E-state index in [-0.39, 0.29) is 24.3 Å². The number of amides is 2. The highest BCUT2D eigenvalue weighted by atomic mass is 16.3. The number of hydrogen-bond donors (Lipinski definition) is 4. The molecule has 0 aromatic heterocycles. The van der Waals surface area contributed by atoms with Gasteiger partial charge in [-0.05, 0) is 18.8 Å². The van der Waals surface area contributed by atoms with Crippen molar-refractivity contribution in [3.63, 3.8) is 0 Å². The Morgan fingerprint density at radius 2 is 1.81 bits per heavy atom. The van der Waals surface area contributed by atoms with E-state index in [9.17, 15) is 14.7 Å². The molecule has 21 heavy (non-hydrogen) atoms. The van der Waals surface area contributed by atoms with Crippen LogP contribution < -0.4 is 16.0 Å². The van der Waals surface area contributed by atoms with Gasteiger partial charge in [0.1, 0.15) is 0 Å². The lowest BCUT2D eigenvalue weighted by Gasteiger charge is -2.20. The maximum absolute atomic E-state index is 11.8. The zero-order valence-corrected chi connectivity index (χ0v) is 12.6. The fourth-order valence-electron chi connectivity index (χ4n) is 3.14. The molecule has 0 aromatic rings. The standard InChI is InChI=1S/C15H27N3O3/c19-13-9-16-7-12(13)8-17-15(21)10-18-14(20)6-11-4-2-1-3-5-11/h11-13,16,19H,1-10H2,(H,17,21)(H,18,20). The van der Waals surface area contributed by atoms with Crippen LogP contribution in [0.2, 0.25) is 0 Å². The van der Waals surface area contributed by atoms with Crippen molar-refractivity contribution in [1.82, 2.24) is 16.0 Å². The van der Waals surface area contributed by atoms with Gasteiger partial charge in [-0.15, -0.1) is 0 Å². The van der Waals surface area contributed by atoms with E-state index in [2.05, 4.69) is 16.0 Å². The van der Waals surface area contributed by atoms with Crippen LogP contribution in [0.4, 0.5) is 0 Å². The molecule has 120 valence electrons. The fraction of sp³-hybridized carbons (Fsp3) is 0.867. The summed E-state index contributed by atoms with van der Waals surface area (Å²) >= 11 is 0. The van der Waals surface area contributed by atoms with E-state index >= 15 is 0 Å². The number of aliphatic hydroxyl groups is 1. The summed E-state index contributed by atoms with van der Waals surface area (Å²) in [5.74, 6) is 0.333. The number of nitrogens with one attached hydrogen (secondary N) is 3. The van der Waals surface area contributed by atoms with Gasteiger partial charge in [0.2, 0.25) is 11.8 Å². The molecule has 4 N–H and O–H groups in total. The van der Waals surface area contributed by atoms with Crippen LogP contribution in [-0.4, -0.2) is 49.2 Å². The topological polar surface area (TPSA) is 90.5 Å². The highest BCUT2D eigenvalue weighted by molar-refractivity contribution is 5.84. The minimum atomic E-state index is -0.397. The highest BCUT2D eigenvalue weighted by Crippen LogP contribution is 2.25. The first-order chi connectivity index (χ1) is 10.1. The average Bonchev–Trinajstić information content (AvgIpc) is 2.89. The second-order valence-electron chi connectivity index (χ2n) is 6.27. The van der Waals surface area contributed by atoms with E-state index in [4.69, 9.17) is 0 Å². The molecule has 2 rings (SSSR count). The number of β-amino-alcohol motifs (C(OH)–C–C–N with tert-alkyl or cyclic N) is 1. The molecule has 0 radical (unpaired) electrons. The Labute approximate surface area is 126 Å². The maximum Gasteiger partial charge on any atom is 0.239 e. The molecule has 6 nitrogen and oxygen atoms in total. The lowest BCUT2D eigenvalue weighted by Crippen LogP contribution is -2.41. The smallest absolute Gasteiger partial charge is 0.239 e. The van der Waals surface area contributed by atoms with Crippen LogP contribution in [-0.2, 0) is 9.59 Å². The third-order valence-electron chi connectivity index (χ3n) is 4.51. The largest absolute Gasteiger partial charge is 0.391 e. The molecule has 2 fully saturated rings. The first-order valence-electron chi connectivity index (χ1n) is 8.07. The highest BCUT2D eigenvalue weighted by Gasteiger charge is 2.25. The summed E-state index contributed by atoms with van der Waals surface area (Å²) in [5, 5.41) is 18.1. The SMILES string of the molecule is O=C(CNC(=O)CC1CCCCC1)NCC1CNCC1O. The molecule has 6 heteroatoms. The van der Waals surface area contributed by atoms with Gasteiger partial charge in [-0.2, -0.15) is 0 Å². The van der Waals surface area contributed by atoms with Gasteiger partial charge < -0.3 is 21.1 Å². The second kappa shape index (κ2) is 8.34. The summed E-state index contributed by atoms with van der Waals surface area (Å²) in [5.41, 5.74) is 0. The lowest BCUT2D eigenvalue weighted by atomic mass is 9.87. The van der Waals surface area contributed by atoms with Crippen molar-refractivity contribution in [2.24, 2.45) is 11.8 Å². The number of rotatable bonds is 6. The van der Waals surface area contributed by atoms with Crippen LogP contribution in [0.5, 0.6) is 0 Å². The normalized spacial score (nSPS) is 26.5. The Hall–Kier alpha value is -1.14. The second-order valence-corrected chi connectivity index (χ2v) is 6.27. The number of carbonyl (C=O) groups is 2. The van der Waals surface area contributed by atoms with Gasteiger partial charge in [0.15, 0.2) is 0 Å². The zero-order chi connectivity index (χ0) is 15.1. The predicted octanol–water partition coefficient (Wildman–Crippen LogP) is -0.230. The van der Waals surface area contributed by atoms with E-state index in [0.717, 1.165) is 19.4 Å². The first kappa shape index (κ1) is 16.2. The van der Waals surface area contributed by atoms with Crippen LogP contribution in [0.3, 0.4) is 0 Å². The molecule has 0 aromatic carbocycles. The van der Waals surface area contributed by atoms with Crippen LogP contribution in [0.25, 0.3) is 0 Å². The molecule has 1 aliphatic heterocycles. The van der Waals surface area contributed by atoms with Gasteiger partial charge in [0.05, 0.1) is 12.6 Å². The molecule has 2 amide bonds. The van der Waals surface area contributed by atoms with Gasteiger partial charge in [-0.25, -0.2) is 0 Å². The number of carbonyl (C=O) groups excluding carboxylic acids is 2. The molecule has 2 unspecified atom stereocenters. The van der Waals surface area contributed by atoms with Crippen molar-refractivity contribution in [2.75, 3.05) is 26.2 Å². The third kappa shape index (κ3) is 5.63. The van der Waals surface area contributed by atoms with E-state index in [1.807, 2.05) is 0 Å². The predicted molar refractivity (Wildman–Crippen MR) is 79.6 cm³/mol. The molecule has 1 aliphatic carbocycles. The molecule has 2 atom stereocenters. The van der Waals surface area contributed by atoms with Crippen molar-refractivity contribution < 1.29 is 14.7 Å². The van der Waals surface area contributed by atoms with Gasteiger partial charge in [0.25, 0.3) is 0 Å². The average molecular weight is 297 g/mol. The van der Waals surface area contributed by atoms with E-state index in [1.54, 1.807) is 0 Å². The molecule has 1 saturated carbocycles. The summed E-state index contributed by atoms with van der Waals surface area (Å²) in [6.07, 6.45) is 6.12. The Balaban J connectivity index is 1.56. The van der Waals surface area contributed by atoms with E-state index in [0.29, 0.717) is 25.4 Å². The van der Waals surface area contributed by atoms with Crippen LogP contribution in [0.1, 0.15) is 38.5 Å². The summed E-state index contributed by atoms with van der Waals surface area (Å²) in [6.45, 7) is 1.78. The summed E-state index contributed by atoms with van der Waals surface area (Å²) in [7, 11) is 0. The van der Waals surface area contributed by atoms with Crippen LogP contribution in [0.15, 0.2) is 0 Å². The molecule has 1 saturated heterocycles.